The molecule has 1 atom stereocenters. The molecule has 1 aliphatic heterocycles. The standard InChI is InChI=1S/C16H27N3O2S/c1-14-5-4-12-19(13-14)22(20,21)17-11-10-15-6-8-16(9-7-15)18(2)3/h6-9,14,17H,4-5,10-13H2,1-3H3/t14-/m0/s1. The third kappa shape index (κ3) is 4.69. The van der Waals surface area contributed by atoms with Gasteiger partial charge in [0.15, 0.2) is 0 Å². The van der Waals surface area contributed by atoms with Crippen molar-refractivity contribution in [2.24, 2.45) is 5.92 Å². The second-order valence-corrected chi connectivity index (χ2v) is 8.07. The first-order valence-corrected chi connectivity index (χ1v) is 9.33. The smallest absolute Gasteiger partial charge is 0.279 e. The zero-order chi connectivity index (χ0) is 16.2. The molecule has 0 amide bonds. The van der Waals surface area contributed by atoms with Gasteiger partial charge in [0.05, 0.1) is 0 Å². The van der Waals surface area contributed by atoms with E-state index >= 15 is 0 Å². The van der Waals surface area contributed by atoms with Gasteiger partial charge < -0.3 is 4.90 Å². The highest BCUT2D eigenvalue weighted by molar-refractivity contribution is 7.87. The van der Waals surface area contributed by atoms with Crippen LogP contribution in [0.1, 0.15) is 25.3 Å². The lowest BCUT2D eigenvalue weighted by molar-refractivity contribution is 0.278. The first kappa shape index (κ1) is 17.2. The monoisotopic (exact) mass is 325 g/mol. The zero-order valence-corrected chi connectivity index (χ0v) is 14.6. The molecule has 0 radical (unpaired) electrons. The van der Waals surface area contributed by atoms with E-state index in [4.69, 9.17) is 0 Å². The van der Waals surface area contributed by atoms with Gasteiger partial charge in [0.2, 0.25) is 0 Å². The van der Waals surface area contributed by atoms with Crippen LogP contribution in [0.4, 0.5) is 5.69 Å². The van der Waals surface area contributed by atoms with E-state index < -0.39 is 10.2 Å². The van der Waals surface area contributed by atoms with Gasteiger partial charge in [0.1, 0.15) is 0 Å². The summed E-state index contributed by atoms with van der Waals surface area (Å²) in [7, 11) is 0.673. The van der Waals surface area contributed by atoms with Gasteiger partial charge >= 0.3 is 0 Å². The lowest BCUT2D eigenvalue weighted by Crippen LogP contribution is -2.46. The summed E-state index contributed by atoms with van der Waals surface area (Å²) >= 11 is 0. The van der Waals surface area contributed by atoms with Crippen LogP contribution in [0.15, 0.2) is 24.3 Å². The van der Waals surface area contributed by atoms with Gasteiger partial charge in [-0.2, -0.15) is 12.7 Å². The van der Waals surface area contributed by atoms with Gasteiger partial charge in [-0.15, -0.1) is 0 Å². The second-order valence-electron chi connectivity index (χ2n) is 6.32. The number of piperidine rings is 1. The van der Waals surface area contributed by atoms with Gasteiger partial charge in [-0.25, -0.2) is 4.72 Å². The van der Waals surface area contributed by atoms with Crippen molar-refractivity contribution in [1.82, 2.24) is 9.03 Å². The zero-order valence-electron chi connectivity index (χ0n) is 13.7. The van der Waals surface area contributed by atoms with Crippen molar-refractivity contribution in [3.05, 3.63) is 29.8 Å². The van der Waals surface area contributed by atoms with E-state index in [1.807, 2.05) is 31.1 Å². The minimum absolute atomic E-state index is 0.439. The largest absolute Gasteiger partial charge is 0.378 e. The molecule has 1 fully saturated rings. The number of nitrogens with zero attached hydrogens (tertiary/aromatic N) is 2. The molecular formula is C16H27N3O2S. The molecule has 124 valence electrons. The lowest BCUT2D eigenvalue weighted by atomic mass is 10.0. The Morgan fingerprint density at radius 1 is 1.27 bits per heavy atom. The Labute approximate surface area is 134 Å². The predicted molar refractivity (Wildman–Crippen MR) is 91.4 cm³/mol. The molecule has 1 aromatic carbocycles. The molecule has 0 aromatic heterocycles. The summed E-state index contributed by atoms with van der Waals surface area (Å²) in [6.45, 7) is 3.81. The first-order valence-electron chi connectivity index (χ1n) is 7.89. The quantitative estimate of drug-likeness (QED) is 0.868. The average molecular weight is 325 g/mol. The molecule has 5 nitrogen and oxygen atoms in total. The van der Waals surface area contributed by atoms with Gasteiger partial charge in [-0.1, -0.05) is 19.1 Å². The summed E-state index contributed by atoms with van der Waals surface area (Å²) in [6, 6.07) is 8.20. The van der Waals surface area contributed by atoms with Crippen molar-refractivity contribution in [2.75, 3.05) is 38.6 Å². The summed E-state index contributed by atoms with van der Waals surface area (Å²) in [5.74, 6) is 0.448. The fourth-order valence-electron chi connectivity index (χ4n) is 2.74. The van der Waals surface area contributed by atoms with Crippen LogP contribution in [0, 0.1) is 5.92 Å². The minimum atomic E-state index is -3.33. The van der Waals surface area contributed by atoms with Crippen molar-refractivity contribution in [3.8, 4) is 0 Å². The van der Waals surface area contributed by atoms with E-state index in [0.29, 0.717) is 32.0 Å². The summed E-state index contributed by atoms with van der Waals surface area (Å²) in [5, 5.41) is 0. The van der Waals surface area contributed by atoms with Crippen LogP contribution in [0.5, 0.6) is 0 Å². The van der Waals surface area contributed by atoms with E-state index in [2.05, 4.69) is 23.8 Å². The Bertz CT molecular complexity index is 570. The van der Waals surface area contributed by atoms with Gasteiger partial charge in [-0.05, 0) is 42.9 Å². The molecule has 0 bridgehead atoms. The van der Waals surface area contributed by atoms with Crippen molar-refractivity contribution < 1.29 is 8.42 Å². The van der Waals surface area contributed by atoms with E-state index in [1.165, 1.54) is 0 Å². The average Bonchev–Trinajstić information content (AvgIpc) is 2.47. The van der Waals surface area contributed by atoms with Crippen LogP contribution < -0.4 is 9.62 Å². The molecule has 1 aliphatic rings. The molecule has 6 heteroatoms. The van der Waals surface area contributed by atoms with Crippen LogP contribution in [-0.2, 0) is 16.6 Å². The first-order chi connectivity index (χ1) is 10.4. The highest BCUT2D eigenvalue weighted by Crippen LogP contribution is 2.17. The van der Waals surface area contributed by atoms with Crippen LogP contribution in [-0.4, -0.2) is 46.5 Å². The number of nitrogens with one attached hydrogen (secondary N) is 1. The summed E-state index contributed by atoms with van der Waals surface area (Å²) in [6.07, 6.45) is 2.77. The van der Waals surface area contributed by atoms with Crippen molar-refractivity contribution in [2.45, 2.75) is 26.2 Å². The minimum Gasteiger partial charge on any atom is -0.378 e. The number of anilines is 1. The Balaban J connectivity index is 1.84. The van der Waals surface area contributed by atoms with E-state index in [0.717, 1.165) is 24.1 Å². The molecule has 1 aromatic rings. The van der Waals surface area contributed by atoms with Crippen molar-refractivity contribution in [3.63, 3.8) is 0 Å². The molecular weight excluding hydrogens is 298 g/mol. The molecule has 1 saturated heterocycles. The number of rotatable bonds is 6. The summed E-state index contributed by atoms with van der Waals surface area (Å²) in [5.41, 5.74) is 2.28. The van der Waals surface area contributed by atoms with Gasteiger partial charge in [0, 0.05) is 39.4 Å². The topological polar surface area (TPSA) is 52.7 Å². The molecule has 22 heavy (non-hydrogen) atoms. The fourth-order valence-corrected chi connectivity index (χ4v) is 4.10. The Hall–Kier alpha value is -1.11. The fraction of sp³-hybridized carbons (Fsp3) is 0.625. The highest BCUT2D eigenvalue weighted by atomic mass is 32.2. The molecule has 0 saturated carbocycles. The highest BCUT2D eigenvalue weighted by Gasteiger charge is 2.26. The van der Waals surface area contributed by atoms with E-state index in [9.17, 15) is 8.42 Å². The second kappa shape index (κ2) is 7.44. The Morgan fingerprint density at radius 2 is 1.95 bits per heavy atom. The Morgan fingerprint density at radius 3 is 2.55 bits per heavy atom. The van der Waals surface area contributed by atoms with Crippen LogP contribution in [0.3, 0.4) is 0 Å². The van der Waals surface area contributed by atoms with E-state index in [-0.39, 0.29) is 0 Å². The van der Waals surface area contributed by atoms with Gasteiger partial charge in [0.25, 0.3) is 10.2 Å². The third-order valence-electron chi connectivity index (χ3n) is 4.11. The third-order valence-corrected chi connectivity index (χ3v) is 5.69. The normalized spacial score (nSPS) is 20.0. The summed E-state index contributed by atoms with van der Waals surface area (Å²) < 4.78 is 28.8. The molecule has 0 spiro atoms. The van der Waals surface area contributed by atoms with Crippen LogP contribution in [0.2, 0.25) is 0 Å². The lowest BCUT2D eigenvalue weighted by Gasteiger charge is -2.30. The maximum atomic E-state index is 12.3. The van der Waals surface area contributed by atoms with E-state index in [1.54, 1.807) is 4.31 Å². The van der Waals surface area contributed by atoms with Crippen molar-refractivity contribution >= 4 is 15.9 Å². The number of benzene rings is 1. The maximum Gasteiger partial charge on any atom is 0.279 e. The van der Waals surface area contributed by atoms with Crippen LogP contribution in [0.25, 0.3) is 0 Å². The molecule has 1 heterocycles. The van der Waals surface area contributed by atoms with Gasteiger partial charge in [-0.3, -0.25) is 0 Å². The molecule has 1 N–H and O–H groups in total. The van der Waals surface area contributed by atoms with Crippen molar-refractivity contribution in [1.29, 1.82) is 0 Å². The summed E-state index contributed by atoms with van der Waals surface area (Å²) in [4.78, 5) is 2.05. The van der Waals surface area contributed by atoms with Crippen LogP contribution >= 0.6 is 0 Å². The maximum absolute atomic E-state index is 12.3. The molecule has 2 rings (SSSR count). The molecule has 0 aliphatic carbocycles. The number of hydrogen-bond donors (Lipinski definition) is 1. The Kier molecular flexibility index (Phi) is 5.83. The number of hydrogen-bond acceptors (Lipinski definition) is 3. The SMILES string of the molecule is C[C@H]1CCCN(S(=O)(=O)NCCc2ccc(N(C)C)cc2)C1. The molecule has 0 unspecified atom stereocenters. The predicted octanol–water partition coefficient (Wildman–Crippen LogP) is 1.86.